The standard InChI is InChI=1S/C17H15Cl2N3S/c1-10-9-22-16(11-5-6-12(18)13(19)8-11)15(21-17(22)23-10)14-4-2-3-7-20-14/h2-8,10,15-16H,9H2,1H3. The molecule has 0 spiro atoms. The SMILES string of the molecule is CC1CN2C(=NC(c3ccccn3)C2c2ccc(Cl)c(Cl)c2)S1. The van der Waals surface area contributed by atoms with Crippen molar-refractivity contribution in [2.75, 3.05) is 6.54 Å². The van der Waals surface area contributed by atoms with Crippen molar-refractivity contribution in [1.82, 2.24) is 9.88 Å². The van der Waals surface area contributed by atoms with Crippen LogP contribution in [0.25, 0.3) is 0 Å². The Bertz CT molecular complexity index is 766. The first-order valence-corrected chi connectivity index (χ1v) is 9.14. The molecule has 3 heterocycles. The van der Waals surface area contributed by atoms with Gasteiger partial charge in [-0.15, -0.1) is 0 Å². The Balaban J connectivity index is 1.79. The number of benzene rings is 1. The second kappa shape index (κ2) is 6.00. The number of halogens is 2. The summed E-state index contributed by atoms with van der Waals surface area (Å²) in [5.41, 5.74) is 2.11. The quantitative estimate of drug-likeness (QED) is 0.753. The second-order valence-electron chi connectivity index (χ2n) is 5.81. The summed E-state index contributed by atoms with van der Waals surface area (Å²) in [7, 11) is 0. The minimum absolute atomic E-state index is 0.0107. The third-order valence-electron chi connectivity index (χ3n) is 4.17. The predicted octanol–water partition coefficient (Wildman–Crippen LogP) is 4.98. The Morgan fingerprint density at radius 1 is 1.17 bits per heavy atom. The average molecular weight is 364 g/mol. The summed E-state index contributed by atoms with van der Waals surface area (Å²) in [6, 6.07) is 11.9. The summed E-state index contributed by atoms with van der Waals surface area (Å²) >= 11 is 14.2. The van der Waals surface area contributed by atoms with Crippen molar-refractivity contribution in [2.24, 2.45) is 4.99 Å². The monoisotopic (exact) mass is 363 g/mol. The fourth-order valence-electron chi connectivity index (χ4n) is 3.17. The molecule has 1 aromatic heterocycles. The second-order valence-corrected chi connectivity index (χ2v) is 8.03. The molecule has 0 radical (unpaired) electrons. The minimum Gasteiger partial charge on any atom is -0.341 e. The maximum atomic E-state index is 6.25. The molecule has 3 atom stereocenters. The molecule has 23 heavy (non-hydrogen) atoms. The Morgan fingerprint density at radius 2 is 2.04 bits per heavy atom. The van der Waals surface area contributed by atoms with Gasteiger partial charge in [-0.25, -0.2) is 0 Å². The molecule has 2 aromatic rings. The van der Waals surface area contributed by atoms with Gasteiger partial charge in [-0.1, -0.05) is 54.0 Å². The van der Waals surface area contributed by atoms with Crippen LogP contribution in [0.3, 0.4) is 0 Å². The molecule has 1 fully saturated rings. The number of nitrogens with zero attached hydrogens (tertiary/aromatic N) is 3. The van der Waals surface area contributed by atoms with Crippen molar-refractivity contribution >= 4 is 40.1 Å². The van der Waals surface area contributed by atoms with Crippen LogP contribution < -0.4 is 0 Å². The molecular weight excluding hydrogens is 349 g/mol. The maximum Gasteiger partial charge on any atom is 0.160 e. The van der Waals surface area contributed by atoms with E-state index in [1.54, 1.807) is 0 Å². The highest BCUT2D eigenvalue weighted by Gasteiger charge is 2.43. The molecule has 3 nitrogen and oxygen atoms in total. The molecule has 3 unspecified atom stereocenters. The van der Waals surface area contributed by atoms with E-state index in [-0.39, 0.29) is 12.1 Å². The minimum atomic E-state index is -0.0107. The summed E-state index contributed by atoms with van der Waals surface area (Å²) in [5, 5.41) is 2.80. The van der Waals surface area contributed by atoms with Crippen molar-refractivity contribution in [3.05, 3.63) is 63.9 Å². The third-order valence-corrected chi connectivity index (χ3v) is 6.01. The number of rotatable bonds is 2. The highest BCUT2D eigenvalue weighted by Crippen LogP contribution is 2.48. The van der Waals surface area contributed by atoms with Gasteiger partial charge in [0.15, 0.2) is 5.17 Å². The van der Waals surface area contributed by atoms with Gasteiger partial charge in [0.05, 0.1) is 21.8 Å². The van der Waals surface area contributed by atoms with Gasteiger partial charge in [0.2, 0.25) is 0 Å². The van der Waals surface area contributed by atoms with E-state index in [1.165, 1.54) is 0 Å². The van der Waals surface area contributed by atoms with Crippen LogP contribution in [0.5, 0.6) is 0 Å². The van der Waals surface area contributed by atoms with E-state index in [0.717, 1.165) is 23.0 Å². The molecule has 4 rings (SSSR count). The van der Waals surface area contributed by atoms with Crippen LogP contribution in [-0.4, -0.2) is 26.8 Å². The van der Waals surface area contributed by atoms with E-state index in [1.807, 2.05) is 54.4 Å². The average Bonchev–Trinajstić information content (AvgIpc) is 3.07. The van der Waals surface area contributed by atoms with Crippen molar-refractivity contribution in [1.29, 1.82) is 0 Å². The van der Waals surface area contributed by atoms with Crippen LogP contribution in [0.4, 0.5) is 0 Å². The molecule has 0 bridgehead atoms. The number of amidine groups is 1. The number of hydrogen-bond donors (Lipinski definition) is 0. The maximum absolute atomic E-state index is 6.25. The molecule has 0 aliphatic carbocycles. The Morgan fingerprint density at radius 3 is 2.78 bits per heavy atom. The van der Waals surface area contributed by atoms with Gasteiger partial charge < -0.3 is 4.90 Å². The first-order chi connectivity index (χ1) is 11.1. The highest BCUT2D eigenvalue weighted by molar-refractivity contribution is 8.14. The molecule has 0 N–H and O–H groups in total. The van der Waals surface area contributed by atoms with Crippen molar-refractivity contribution in [3.63, 3.8) is 0 Å². The largest absolute Gasteiger partial charge is 0.341 e. The molecular formula is C17H15Cl2N3S. The lowest BCUT2D eigenvalue weighted by Crippen LogP contribution is -2.28. The zero-order valence-electron chi connectivity index (χ0n) is 12.5. The fourth-order valence-corrected chi connectivity index (χ4v) is 4.57. The number of pyridine rings is 1. The van der Waals surface area contributed by atoms with Gasteiger partial charge in [0.1, 0.15) is 6.04 Å². The van der Waals surface area contributed by atoms with Crippen molar-refractivity contribution in [2.45, 2.75) is 24.3 Å². The highest BCUT2D eigenvalue weighted by atomic mass is 35.5. The number of thioether (sulfide) groups is 1. The first-order valence-electron chi connectivity index (χ1n) is 7.50. The number of aromatic nitrogens is 1. The molecule has 118 valence electrons. The van der Waals surface area contributed by atoms with Crippen LogP contribution in [0.1, 0.15) is 30.3 Å². The molecule has 2 aliphatic rings. The van der Waals surface area contributed by atoms with Gasteiger partial charge in [-0.05, 0) is 29.8 Å². The van der Waals surface area contributed by atoms with Gasteiger partial charge in [-0.3, -0.25) is 9.98 Å². The van der Waals surface area contributed by atoms with Gasteiger partial charge in [-0.2, -0.15) is 0 Å². The number of hydrogen-bond acceptors (Lipinski definition) is 4. The van der Waals surface area contributed by atoms with E-state index in [9.17, 15) is 0 Å². The van der Waals surface area contributed by atoms with Gasteiger partial charge in [0.25, 0.3) is 0 Å². The third kappa shape index (κ3) is 2.73. The Hall–Kier alpha value is -1.23. The van der Waals surface area contributed by atoms with Crippen LogP contribution in [0.2, 0.25) is 10.0 Å². The fraction of sp³-hybridized carbons (Fsp3) is 0.294. The smallest absolute Gasteiger partial charge is 0.160 e. The topological polar surface area (TPSA) is 28.5 Å². The first kappa shape index (κ1) is 15.3. The summed E-state index contributed by atoms with van der Waals surface area (Å²) in [5.74, 6) is 0. The van der Waals surface area contributed by atoms with Gasteiger partial charge in [0, 0.05) is 18.0 Å². The van der Waals surface area contributed by atoms with E-state index < -0.39 is 0 Å². The molecule has 1 saturated heterocycles. The zero-order valence-corrected chi connectivity index (χ0v) is 14.8. The molecule has 0 amide bonds. The van der Waals surface area contributed by atoms with E-state index in [2.05, 4.69) is 16.8 Å². The summed E-state index contributed by atoms with van der Waals surface area (Å²) in [6.07, 6.45) is 1.82. The van der Waals surface area contributed by atoms with Crippen LogP contribution in [0, 0.1) is 0 Å². The summed E-state index contributed by atoms with van der Waals surface area (Å²) in [4.78, 5) is 11.8. The Kier molecular flexibility index (Phi) is 4.00. The molecule has 2 aliphatic heterocycles. The summed E-state index contributed by atoms with van der Waals surface area (Å²) < 4.78 is 0. The van der Waals surface area contributed by atoms with E-state index in [4.69, 9.17) is 28.2 Å². The van der Waals surface area contributed by atoms with E-state index >= 15 is 0 Å². The van der Waals surface area contributed by atoms with Gasteiger partial charge >= 0.3 is 0 Å². The number of aliphatic imine (C=N–C) groups is 1. The van der Waals surface area contributed by atoms with Crippen molar-refractivity contribution in [3.8, 4) is 0 Å². The predicted molar refractivity (Wildman–Crippen MR) is 97.4 cm³/mol. The normalized spacial score (nSPS) is 26.3. The molecule has 1 aromatic carbocycles. The van der Waals surface area contributed by atoms with E-state index in [0.29, 0.717) is 15.3 Å². The zero-order chi connectivity index (χ0) is 16.0. The van der Waals surface area contributed by atoms with Crippen LogP contribution >= 0.6 is 35.0 Å². The van der Waals surface area contributed by atoms with Crippen LogP contribution in [-0.2, 0) is 0 Å². The number of fused-ring (bicyclic) bond motifs is 1. The lowest BCUT2D eigenvalue weighted by atomic mass is 9.96. The van der Waals surface area contributed by atoms with Crippen molar-refractivity contribution < 1.29 is 0 Å². The lowest BCUT2D eigenvalue weighted by Gasteiger charge is -2.27. The summed E-state index contributed by atoms with van der Waals surface area (Å²) in [6.45, 7) is 3.21. The Labute approximate surface area is 149 Å². The molecule has 6 heteroatoms. The lowest BCUT2D eigenvalue weighted by molar-refractivity contribution is 0.321. The van der Waals surface area contributed by atoms with Crippen LogP contribution in [0.15, 0.2) is 47.6 Å². The molecule has 0 saturated carbocycles.